The van der Waals surface area contributed by atoms with Crippen molar-refractivity contribution in [2.45, 2.75) is 71.8 Å². The fourth-order valence-electron chi connectivity index (χ4n) is 3.35. The summed E-state index contributed by atoms with van der Waals surface area (Å²) in [5.41, 5.74) is 2.42. The van der Waals surface area contributed by atoms with Gasteiger partial charge in [-0.25, -0.2) is 4.79 Å². The zero-order chi connectivity index (χ0) is 16.3. The van der Waals surface area contributed by atoms with Gasteiger partial charge in [0.05, 0.1) is 13.2 Å². The highest BCUT2D eigenvalue weighted by molar-refractivity contribution is 5.68. The summed E-state index contributed by atoms with van der Waals surface area (Å²) in [7, 11) is 0. The van der Waals surface area contributed by atoms with Gasteiger partial charge >= 0.3 is 6.09 Å². The van der Waals surface area contributed by atoms with E-state index in [2.05, 4.69) is 6.92 Å². The van der Waals surface area contributed by atoms with Crippen molar-refractivity contribution in [2.75, 3.05) is 19.8 Å². The van der Waals surface area contributed by atoms with E-state index in [-0.39, 0.29) is 18.2 Å². The minimum absolute atomic E-state index is 0.137. The first kappa shape index (κ1) is 17.3. The molecule has 1 amide bonds. The van der Waals surface area contributed by atoms with E-state index in [1.54, 1.807) is 4.90 Å². The Kier molecular flexibility index (Phi) is 5.50. The fraction of sp³-hybridized carbons (Fsp3) is 0.824. The van der Waals surface area contributed by atoms with Gasteiger partial charge in [-0.15, -0.1) is 0 Å². The summed E-state index contributed by atoms with van der Waals surface area (Å²) >= 11 is 0. The van der Waals surface area contributed by atoms with Crippen LogP contribution in [0, 0.1) is 0 Å². The van der Waals surface area contributed by atoms with Crippen molar-refractivity contribution < 1.29 is 19.0 Å². The highest BCUT2D eigenvalue weighted by Gasteiger charge is 2.39. The van der Waals surface area contributed by atoms with Crippen LogP contribution in [0.5, 0.6) is 0 Å². The predicted octanol–water partition coefficient (Wildman–Crippen LogP) is 3.49. The summed E-state index contributed by atoms with van der Waals surface area (Å²) < 4.78 is 17.0. The third kappa shape index (κ3) is 3.82. The summed E-state index contributed by atoms with van der Waals surface area (Å²) in [4.78, 5) is 14.0. The Morgan fingerprint density at radius 3 is 2.32 bits per heavy atom. The second kappa shape index (κ2) is 7.01. The van der Waals surface area contributed by atoms with Crippen LogP contribution in [0.2, 0.25) is 0 Å². The number of ether oxygens (including phenoxy) is 3. The predicted molar refractivity (Wildman–Crippen MR) is 84.6 cm³/mol. The molecule has 0 aromatic carbocycles. The molecule has 0 unspecified atom stereocenters. The number of nitrogens with zero attached hydrogens (tertiary/aromatic N) is 1. The number of amides is 1. The molecule has 0 radical (unpaired) electrons. The molecule has 5 nitrogen and oxygen atoms in total. The van der Waals surface area contributed by atoms with Crippen LogP contribution in [0.4, 0.5) is 4.79 Å². The maximum atomic E-state index is 12.3. The van der Waals surface area contributed by atoms with E-state index in [9.17, 15) is 4.79 Å². The Morgan fingerprint density at radius 2 is 1.82 bits per heavy atom. The van der Waals surface area contributed by atoms with E-state index in [0.29, 0.717) is 19.8 Å². The average molecular weight is 311 g/mol. The van der Waals surface area contributed by atoms with Crippen LogP contribution < -0.4 is 0 Å². The Morgan fingerprint density at radius 1 is 1.23 bits per heavy atom. The maximum Gasteiger partial charge on any atom is 0.410 e. The van der Waals surface area contributed by atoms with E-state index in [4.69, 9.17) is 14.2 Å². The Balaban J connectivity index is 1.92. The molecule has 0 aromatic heterocycles. The standard InChI is InChI=1S/C17H29NO4/c1-12(2)18(13(3)4)16(19)20-11-15-6-7-17(10-14(15)5)21-8-9-22-17/h12-13H,6-11H2,1-5H3. The summed E-state index contributed by atoms with van der Waals surface area (Å²) in [5.74, 6) is -0.417. The van der Waals surface area contributed by atoms with E-state index < -0.39 is 5.79 Å². The lowest BCUT2D eigenvalue weighted by Crippen LogP contribution is -2.42. The van der Waals surface area contributed by atoms with Gasteiger partial charge in [-0.3, -0.25) is 0 Å². The molecular weight excluding hydrogens is 282 g/mol. The van der Waals surface area contributed by atoms with Crippen molar-refractivity contribution in [1.29, 1.82) is 0 Å². The van der Waals surface area contributed by atoms with Crippen molar-refractivity contribution in [3.63, 3.8) is 0 Å². The van der Waals surface area contributed by atoms with Gasteiger partial charge in [-0.2, -0.15) is 0 Å². The van der Waals surface area contributed by atoms with E-state index in [1.165, 1.54) is 11.1 Å². The van der Waals surface area contributed by atoms with Crippen molar-refractivity contribution in [2.24, 2.45) is 0 Å². The Labute approximate surface area is 133 Å². The zero-order valence-electron chi connectivity index (χ0n) is 14.5. The van der Waals surface area contributed by atoms with Gasteiger partial charge in [0.25, 0.3) is 0 Å². The summed E-state index contributed by atoms with van der Waals surface area (Å²) in [5, 5.41) is 0. The van der Waals surface area contributed by atoms with Crippen LogP contribution in [0.3, 0.4) is 0 Å². The molecule has 5 heteroatoms. The largest absolute Gasteiger partial charge is 0.445 e. The Hall–Kier alpha value is -1.07. The number of hydrogen-bond acceptors (Lipinski definition) is 4. The quantitative estimate of drug-likeness (QED) is 0.746. The van der Waals surface area contributed by atoms with Gasteiger partial charge in [-0.1, -0.05) is 5.57 Å². The zero-order valence-corrected chi connectivity index (χ0v) is 14.5. The average Bonchev–Trinajstić information content (AvgIpc) is 2.85. The first-order valence-corrected chi connectivity index (χ1v) is 8.25. The van der Waals surface area contributed by atoms with Crippen LogP contribution in [-0.4, -0.2) is 48.7 Å². The molecule has 22 heavy (non-hydrogen) atoms. The summed E-state index contributed by atoms with van der Waals surface area (Å²) in [6, 6.07) is 0.273. The van der Waals surface area contributed by atoms with E-state index in [1.807, 2.05) is 27.7 Å². The molecule has 126 valence electrons. The number of carbonyl (C=O) groups excluding carboxylic acids is 1. The summed E-state index contributed by atoms with van der Waals surface area (Å²) in [6.07, 6.45) is 2.24. The van der Waals surface area contributed by atoms with E-state index in [0.717, 1.165) is 19.3 Å². The van der Waals surface area contributed by atoms with Crippen LogP contribution in [0.25, 0.3) is 0 Å². The molecule has 1 fully saturated rings. The maximum absolute atomic E-state index is 12.3. The molecule has 1 saturated heterocycles. The second-order valence-electron chi connectivity index (χ2n) is 6.82. The van der Waals surface area contributed by atoms with Crippen LogP contribution in [0.1, 0.15) is 53.9 Å². The minimum atomic E-state index is -0.417. The first-order chi connectivity index (χ1) is 10.3. The molecule has 0 atom stereocenters. The molecule has 1 aliphatic carbocycles. The molecule has 0 saturated carbocycles. The normalized spacial score (nSPS) is 21.0. The van der Waals surface area contributed by atoms with E-state index >= 15 is 0 Å². The van der Waals surface area contributed by atoms with Crippen LogP contribution in [-0.2, 0) is 14.2 Å². The monoisotopic (exact) mass is 311 g/mol. The van der Waals surface area contributed by atoms with Gasteiger partial charge in [-0.05, 0) is 46.6 Å². The molecular formula is C17H29NO4. The van der Waals surface area contributed by atoms with Crippen LogP contribution in [0.15, 0.2) is 11.1 Å². The molecule has 2 rings (SSSR count). The lowest BCUT2D eigenvalue weighted by atomic mass is 9.88. The molecule has 1 aliphatic heterocycles. The molecule has 2 aliphatic rings. The van der Waals surface area contributed by atoms with Gasteiger partial charge in [0.2, 0.25) is 0 Å². The first-order valence-electron chi connectivity index (χ1n) is 8.25. The molecule has 0 aromatic rings. The fourth-order valence-corrected chi connectivity index (χ4v) is 3.35. The number of hydrogen-bond donors (Lipinski definition) is 0. The van der Waals surface area contributed by atoms with Gasteiger partial charge in [0.15, 0.2) is 5.79 Å². The SMILES string of the molecule is CC1=C(COC(=O)N(C(C)C)C(C)C)CCC2(C1)OCCO2. The topological polar surface area (TPSA) is 48.0 Å². The van der Waals surface area contributed by atoms with Crippen molar-refractivity contribution in [1.82, 2.24) is 4.90 Å². The smallest absolute Gasteiger partial charge is 0.410 e. The van der Waals surface area contributed by atoms with Crippen LogP contribution >= 0.6 is 0 Å². The molecule has 0 bridgehead atoms. The third-order valence-corrected chi connectivity index (χ3v) is 4.45. The van der Waals surface area contributed by atoms with Gasteiger partial charge in [0.1, 0.15) is 6.61 Å². The number of carbonyl (C=O) groups is 1. The summed E-state index contributed by atoms with van der Waals surface area (Å²) in [6.45, 7) is 11.8. The Bertz CT molecular complexity index is 428. The molecule has 1 heterocycles. The highest BCUT2D eigenvalue weighted by atomic mass is 16.7. The van der Waals surface area contributed by atoms with Gasteiger partial charge in [0, 0.05) is 24.9 Å². The molecule has 0 N–H and O–H groups in total. The van der Waals surface area contributed by atoms with Crippen molar-refractivity contribution in [3.8, 4) is 0 Å². The molecule has 1 spiro atoms. The minimum Gasteiger partial charge on any atom is -0.445 e. The highest BCUT2D eigenvalue weighted by Crippen LogP contribution is 2.38. The van der Waals surface area contributed by atoms with Crippen molar-refractivity contribution in [3.05, 3.63) is 11.1 Å². The lowest BCUT2D eigenvalue weighted by Gasteiger charge is -2.34. The number of rotatable bonds is 4. The van der Waals surface area contributed by atoms with Gasteiger partial charge < -0.3 is 19.1 Å². The third-order valence-electron chi connectivity index (χ3n) is 4.45. The lowest BCUT2D eigenvalue weighted by molar-refractivity contribution is -0.163. The second-order valence-corrected chi connectivity index (χ2v) is 6.82. The van der Waals surface area contributed by atoms with Crippen molar-refractivity contribution >= 4 is 6.09 Å².